The molecule has 0 amide bonds. The Kier molecular flexibility index (Phi) is 16.8. The summed E-state index contributed by atoms with van der Waals surface area (Å²) in [6, 6.07) is 43.2. The number of phosphoric ester groups is 2. The van der Waals surface area contributed by atoms with Gasteiger partial charge >= 0.3 is 15.6 Å². The standard InChI is InChI=1S/C22H23O4P.C22H31O4P/c1-22(2,3)20-16-10-11-17-21(20)26-27(23,24-18-12-6-4-7-13-18)25-19-14-8-5-9-15-19;1-20(2)14-8-4-3-5-13-19-24-27(23,25-21-15-9-6-10-16-21)26-22-17-11-7-12-18-22/h4-17H,1-3H3;6-7,9-12,15-18,20H,3-5,8,13-14,19H2,1-2H3. The fraction of sp³-hybridized carbons (Fsp3) is 0.318. The fourth-order valence-electron chi connectivity index (χ4n) is 5.22. The summed E-state index contributed by atoms with van der Waals surface area (Å²) < 4.78 is 60.7. The van der Waals surface area contributed by atoms with Crippen LogP contribution in [0.2, 0.25) is 0 Å². The van der Waals surface area contributed by atoms with Crippen LogP contribution in [-0.4, -0.2) is 6.61 Å². The van der Waals surface area contributed by atoms with Gasteiger partial charge in [-0.2, -0.15) is 4.57 Å². The topological polar surface area (TPSA) is 89.5 Å². The lowest BCUT2D eigenvalue weighted by atomic mass is 9.86. The Balaban J connectivity index is 0.000000241. The number of phosphoric acid groups is 2. The van der Waals surface area contributed by atoms with Crippen molar-refractivity contribution < 1.29 is 36.3 Å². The Hall–Kier alpha value is -4.48. The molecule has 54 heavy (non-hydrogen) atoms. The van der Waals surface area contributed by atoms with Crippen LogP contribution in [0.4, 0.5) is 0 Å². The van der Waals surface area contributed by atoms with E-state index in [9.17, 15) is 9.13 Å². The van der Waals surface area contributed by atoms with E-state index in [4.69, 9.17) is 27.1 Å². The predicted octanol–water partition coefficient (Wildman–Crippen LogP) is 13.9. The molecule has 0 bridgehead atoms. The molecule has 0 aliphatic heterocycles. The zero-order valence-corrected chi connectivity index (χ0v) is 33.8. The summed E-state index contributed by atoms with van der Waals surface area (Å²) in [6.45, 7) is 11.1. The van der Waals surface area contributed by atoms with Crippen molar-refractivity contribution in [1.82, 2.24) is 0 Å². The van der Waals surface area contributed by atoms with Gasteiger partial charge in [-0.05, 0) is 72.4 Å². The quantitative estimate of drug-likeness (QED) is 0.0605. The molecule has 5 aromatic rings. The molecular formula is C44H54O8P2. The molecule has 0 aliphatic rings. The van der Waals surface area contributed by atoms with E-state index in [1.54, 1.807) is 78.9 Å². The van der Waals surface area contributed by atoms with E-state index >= 15 is 0 Å². The van der Waals surface area contributed by atoms with Crippen molar-refractivity contribution in [3.05, 3.63) is 151 Å². The maximum Gasteiger partial charge on any atom is 0.647 e. The molecule has 0 N–H and O–H groups in total. The summed E-state index contributed by atoms with van der Waals surface area (Å²) in [5, 5.41) is 0. The highest BCUT2D eigenvalue weighted by atomic mass is 31.2. The summed E-state index contributed by atoms with van der Waals surface area (Å²) in [4.78, 5) is 0. The second-order valence-electron chi connectivity index (χ2n) is 14.1. The van der Waals surface area contributed by atoms with E-state index < -0.39 is 15.6 Å². The zero-order valence-electron chi connectivity index (χ0n) is 32.0. The fourth-order valence-corrected chi connectivity index (χ4v) is 7.74. The predicted molar refractivity (Wildman–Crippen MR) is 218 cm³/mol. The van der Waals surface area contributed by atoms with Crippen molar-refractivity contribution >= 4 is 15.6 Å². The van der Waals surface area contributed by atoms with E-state index in [0.717, 1.165) is 24.3 Å². The Bertz CT molecular complexity index is 1770. The summed E-state index contributed by atoms with van der Waals surface area (Å²) in [5.74, 6) is 2.98. The molecule has 0 aromatic heterocycles. The first kappa shape index (κ1) is 42.3. The number of benzene rings is 5. The highest BCUT2D eigenvalue weighted by Crippen LogP contribution is 2.52. The van der Waals surface area contributed by atoms with Crippen LogP contribution in [-0.2, 0) is 19.1 Å². The Morgan fingerprint density at radius 1 is 0.463 bits per heavy atom. The molecule has 0 heterocycles. The minimum Gasteiger partial charge on any atom is -0.395 e. The third kappa shape index (κ3) is 15.5. The third-order valence-electron chi connectivity index (χ3n) is 7.92. The maximum absolute atomic E-state index is 13.5. The minimum atomic E-state index is -3.98. The SMILES string of the molecule is CC(C)(C)c1ccccc1OP(=O)(Oc1ccccc1)Oc1ccccc1.CC(C)CCCCCCCOP(=O)(Oc1ccccc1)Oc1ccccc1. The second kappa shape index (κ2) is 21.4. The molecule has 0 saturated heterocycles. The van der Waals surface area contributed by atoms with Crippen molar-refractivity contribution in [3.63, 3.8) is 0 Å². The van der Waals surface area contributed by atoms with Crippen LogP contribution in [0, 0.1) is 5.92 Å². The molecule has 10 heteroatoms. The van der Waals surface area contributed by atoms with Crippen molar-refractivity contribution in [2.75, 3.05) is 6.61 Å². The monoisotopic (exact) mass is 772 g/mol. The summed E-state index contributed by atoms with van der Waals surface area (Å²) in [7, 11) is -7.72. The van der Waals surface area contributed by atoms with Gasteiger partial charge in [0.15, 0.2) is 0 Å². The highest BCUT2D eigenvalue weighted by molar-refractivity contribution is 7.50. The number of para-hydroxylation sites is 5. The Morgan fingerprint density at radius 3 is 1.26 bits per heavy atom. The molecule has 0 fully saturated rings. The Labute approximate surface area is 322 Å². The van der Waals surface area contributed by atoms with Gasteiger partial charge < -0.3 is 22.6 Å². The van der Waals surface area contributed by atoms with Crippen molar-refractivity contribution in [2.45, 2.75) is 78.6 Å². The number of unbranched alkanes of at least 4 members (excludes halogenated alkanes) is 4. The molecule has 0 atom stereocenters. The molecule has 288 valence electrons. The van der Waals surface area contributed by atoms with Crippen LogP contribution in [0.1, 0.15) is 78.7 Å². The summed E-state index contributed by atoms with van der Waals surface area (Å²) in [5.41, 5.74) is 0.722. The van der Waals surface area contributed by atoms with Gasteiger partial charge in [0, 0.05) is 5.56 Å². The van der Waals surface area contributed by atoms with Crippen molar-refractivity contribution in [2.24, 2.45) is 5.92 Å². The van der Waals surface area contributed by atoms with E-state index in [2.05, 4.69) is 34.6 Å². The van der Waals surface area contributed by atoms with Gasteiger partial charge in [0.1, 0.15) is 28.7 Å². The van der Waals surface area contributed by atoms with E-state index in [1.807, 2.05) is 66.7 Å². The van der Waals surface area contributed by atoms with Crippen LogP contribution in [0.25, 0.3) is 0 Å². The number of rotatable bonds is 19. The molecule has 0 saturated carbocycles. The van der Waals surface area contributed by atoms with Gasteiger partial charge in [-0.25, -0.2) is 4.57 Å². The first-order valence-corrected chi connectivity index (χ1v) is 21.5. The molecule has 0 radical (unpaired) electrons. The van der Waals surface area contributed by atoms with Gasteiger partial charge in [0.2, 0.25) is 0 Å². The first-order chi connectivity index (χ1) is 25.9. The lowest BCUT2D eigenvalue weighted by Gasteiger charge is -2.25. The highest BCUT2D eigenvalue weighted by Gasteiger charge is 2.35. The molecule has 0 spiro atoms. The third-order valence-corrected chi connectivity index (χ3v) is 10.6. The molecule has 5 rings (SSSR count). The number of hydrogen-bond donors (Lipinski definition) is 0. The maximum atomic E-state index is 13.5. The van der Waals surface area contributed by atoms with Gasteiger partial charge in [-0.1, -0.05) is 158 Å². The normalized spacial score (nSPS) is 11.6. The second-order valence-corrected chi connectivity index (χ2v) is 17.1. The van der Waals surface area contributed by atoms with Gasteiger partial charge in [-0.3, -0.25) is 4.52 Å². The number of hydrogen-bond acceptors (Lipinski definition) is 8. The van der Waals surface area contributed by atoms with Crippen LogP contribution in [0.3, 0.4) is 0 Å². The summed E-state index contributed by atoms with van der Waals surface area (Å²) >= 11 is 0. The van der Waals surface area contributed by atoms with Crippen molar-refractivity contribution in [3.8, 4) is 28.7 Å². The first-order valence-electron chi connectivity index (χ1n) is 18.6. The van der Waals surface area contributed by atoms with E-state index in [0.29, 0.717) is 35.4 Å². The smallest absolute Gasteiger partial charge is 0.395 e. The van der Waals surface area contributed by atoms with Gasteiger partial charge in [0.05, 0.1) is 6.61 Å². The molecule has 0 aliphatic carbocycles. The largest absolute Gasteiger partial charge is 0.647 e. The lowest BCUT2D eigenvalue weighted by molar-refractivity contribution is 0.205. The van der Waals surface area contributed by atoms with Crippen LogP contribution in [0.5, 0.6) is 28.7 Å². The van der Waals surface area contributed by atoms with Gasteiger partial charge in [0.25, 0.3) is 0 Å². The zero-order chi connectivity index (χ0) is 38.7. The molecule has 5 aromatic carbocycles. The summed E-state index contributed by atoms with van der Waals surface area (Å²) in [6.07, 6.45) is 6.83. The van der Waals surface area contributed by atoms with Crippen LogP contribution >= 0.6 is 15.6 Å². The van der Waals surface area contributed by atoms with Crippen LogP contribution < -0.4 is 22.6 Å². The molecular weight excluding hydrogens is 718 g/mol. The van der Waals surface area contributed by atoms with E-state index in [-0.39, 0.29) is 5.41 Å². The molecule has 0 unspecified atom stereocenters. The lowest BCUT2D eigenvalue weighted by Crippen LogP contribution is -2.15. The average Bonchev–Trinajstić information content (AvgIpc) is 3.14. The Morgan fingerprint density at radius 2 is 0.833 bits per heavy atom. The van der Waals surface area contributed by atoms with E-state index in [1.165, 1.54) is 25.7 Å². The average molecular weight is 773 g/mol. The van der Waals surface area contributed by atoms with Crippen LogP contribution in [0.15, 0.2) is 146 Å². The molecule has 8 nitrogen and oxygen atoms in total. The van der Waals surface area contributed by atoms with Gasteiger partial charge in [-0.15, -0.1) is 0 Å². The minimum absolute atomic E-state index is 0.194. The van der Waals surface area contributed by atoms with Crippen molar-refractivity contribution in [1.29, 1.82) is 0 Å².